The van der Waals surface area contributed by atoms with Crippen molar-refractivity contribution < 1.29 is 42.1 Å². The molecule has 0 radical (unpaired) electrons. The van der Waals surface area contributed by atoms with Crippen molar-refractivity contribution in [3.05, 3.63) is 82.5 Å². The third-order valence-electron chi connectivity index (χ3n) is 11.4. The van der Waals surface area contributed by atoms with Crippen LogP contribution in [0.3, 0.4) is 0 Å². The van der Waals surface area contributed by atoms with Gasteiger partial charge in [0.1, 0.15) is 36.9 Å². The minimum absolute atomic E-state index is 0.0312. The number of β-amino-alcohol motifs (C(OH)–C–C–N with tert-alkyl or cyclic N) is 1. The number of amidine groups is 1. The van der Waals surface area contributed by atoms with Crippen LogP contribution in [0.4, 0.5) is 13.2 Å². The predicted octanol–water partition coefficient (Wildman–Crippen LogP) is 4.92. The van der Waals surface area contributed by atoms with Gasteiger partial charge in [0.15, 0.2) is 5.82 Å². The van der Waals surface area contributed by atoms with Crippen molar-refractivity contribution in [2.24, 2.45) is 10.5 Å². The molecule has 3 atom stereocenters. The molecule has 3 aliphatic rings. The van der Waals surface area contributed by atoms with E-state index in [9.17, 15) is 32.7 Å². The maximum Gasteiger partial charge on any atom is 0.453 e. The molecule has 19 heteroatoms. The number of piperidine rings is 1. The normalized spacial score (nSPS) is 18.9. The lowest BCUT2D eigenvalue weighted by atomic mass is 9.85. The second kappa shape index (κ2) is 18.9. The molecule has 3 aliphatic heterocycles. The van der Waals surface area contributed by atoms with Gasteiger partial charge in [0.2, 0.25) is 17.7 Å². The molecule has 62 heavy (non-hydrogen) atoms. The lowest BCUT2D eigenvalue weighted by Gasteiger charge is -2.35. The maximum atomic E-state index is 14.0. The molecule has 2 saturated heterocycles. The molecule has 0 spiro atoms. The van der Waals surface area contributed by atoms with E-state index in [4.69, 9.17) is 9.47 Å². The summed E-state index contributed by atoms with van der Waals surface area (Å²) < 4.78 is 52.4. The molecular weight excluding hydrogens is 828 g/mol. The van der Waals surface area contributed by atoms with Crippen molar-refractivity contribution in [1.82, 2.24) is 40.3 Å². The van der Waals surface area contributed by atoms with Gasteiger partial charge in [-0.25, -0.2) is 4.98 Å². The van der Waals surface area contributed by atoms with Gasteiger partial charge in [-0.3, -0.25) is 14.4 Å². The third kappa shape index (κ3) is 10.6. The fourth-order valence-corrected chi connectivity index (χ4v) is 8.85. The third-order valence-corrected chi connectivity index (χ3v) is 12.4. The Morgan fingerprint density at radius 2 is 1.71 bits per heavy atom. The van der Waals surface area contributed by atoms with Gasteiger partial charge >= 0.3 is 6.18 Å². The molecular formula is C43H52F3N9O6S. The number of amides is 3. The van der Waals surface area contributed by atoms with Crippen LogP contribution >= 0.6 is 11.3 Å². The number of fused-ring (bicyclic) bond motifs is 1. The molecule has 2 aromatic heterocycles. The number of hydrogen-bond donors (Lipinski definition) is 3. The molecule has 7 rings (SSSR count). The Balaban J connectivity index is 0.831. The average molecular weight is 880 g/mol. The van der Waals surface area contributed by atoms with Gasteiger partial charge in [0, 0.05) is 45.4 Å². The Hall–Kier alpha value is -5.40. The second-order valence-corrected chi connectivity index (χ2v) is 17.8. The van der Waals surface area contributed by atoms with Crippen molar-refractivity contribution >= 4 is 34.9 Å². The molecule has 332 valence electrons. The van der Waals surface area contributed by atoms with Crippen LogP contribution in [0.15, 0.2) is 59.1 Å². The average Bonchev–Trinajstić information content (AvgIpc) is 3.99. The molecule has 0 bridgehead atoms. The number of aryl methyl sites for hydroxylation is 2. The van der Waals surface area contributed by atoms with Crippen LogP contribution in [0.5, 0.6) is 5.75 Å². The van der Waals surface area contributed by atoms with Crippen LogP contribution in [0, 0.1) is 12.3 Å². The maximum absolute atomic E-state index is 14.0. The Kier molecular flexibility index (Phi) is 13.6. The minimum atomic E-state index is -4.63. The molecule has 2 fully saturated rings. The van der Waals surface area contributed by atoms with Gasteiger partial charge in [-0.2, -0.15) is 22.9 Å². The molecule has 0 aliphatic carbocycles. The zero-order valence-electron chi connectivity index (χ0n) is 35.2. The van der Waals surface area contributed by atoms with E-state index < -0.39 is 47.4 Å². The molecule has 5 heterocycles. The number of likely N-dealkylation sites (tertiary alicyclic amines) is 2. The number of halogens is 3. The zero-order chi connectivity index (χ0) is 44.2. The fraction of sp³-hybridized carbons (Fsp3) is 0.512. The Bertz CT molecular complexity index is 2230. The summed E-state index contributed by atoms with van der Waals surface area (Å²) >= 11 is 1.56. The van der Waals surface area contributed by atoms with Crippen LogP contribution < -0.4 is 15.4 Å². The van der Waals surface area contributed by atoms with Crippen LogP contribution in [-0.4, -0.2) is 116 Å². The number of aromatic nitrogens is 4. The number of ether oxygens (including phenoxy) is 2. The number of nitrogens with zero attached hydrogens (tertiary/aromatic N) is 7. The van der Waals surface area contributed by atoms with Gasteiger partial charge in [0.25, 0.3) is 5.82 Å². The highest BCUT2D eigenvalue weighted by atomic mass is 32.1. The number of benzene rings is 2. The lowest BCUT2D eigenvalue weighted by molar-refractivity contribution is -0.147. The number of aliphatic hydroxyl groups is 1. The number of aliphatic hydroxyl groups excluding tert-OH is 1. The monoisotopic (exact) mass is 879 g/mol. The van der Waals surface area contributed by atoms with Gasteiger partial charge in [-0.1, -0.05) is 57.2 Å². The summed E-state index contributed by atoms with van der Waals surface area (Å²) in [5, 5.41) is 27.5. The molecule has 0 unspecified atom stereocenters. The highest BCUT2D eigenvalue weighted by molar-refractivity contribution is 7.13. The highest BCUT2D eigenvalue weighted by Crippen LogP contribution is 2.33. The standard InChI is InChI=1S/C43H52F3N9O6S/c1-26-37(62-25-48-26)30-7-5-27(6-8-30)22-47-39(58)33-21-31(56)23-54(33)40(59)38(42(2,3)4)49-36(57)24-60-19-20-61-32-11-9-28(10-12-32)29-15-17-53(18-16-29)35-14-13-34-50-51-41(43(44,45)46)55(34)52-35/h5-12,25,29,31,33,38,56H,13-24H2,1-4H3,(H,47,58)(H,49,57)/t31-,33-,38+/m0/s1. The molecule has 15 nitrogen and oxygen atoms in total. The first-order valence-corrected chi connectivity index (χ1v) is 21.6. The summed E-state index contributed by atoms with van der Waals surface area (Å²) in [6.45, 7) is 8.93. The molecule has 2 aromatic carbocycles. The van der Waals surface area contributed by atoms with Crippen molar-refractivity contribution in [2.45, 2.75) is 96.6 Å². The number of carbonyl (C=O) groups is 3. The Labute approximate surface area is 361 Å². The van der Waals surface area contributed by atoms with Gasteiger partial charge in [-0.05, 0) is 59.9 Å². The summed E-state index contributed by atoms with van der Waals surface area (Å²) in [6, 6.07) is 13.7. The smallest absolute Gasteiger partial charge is 0.453 e. The van der Waals surface area contributed by atoms with Gasteiger partial charge in [-0.15, -0.1) is 21.5 Å². The van der Waals surface area contributed by atoms with E-state index in [1.807, 2.05) is 81.1 Å². The minimum Gasteiger partial charge on any atom is -0.491 e. The molecule has 3 N–H and O–H groups in total. The van der Waals surface area contributed by atoms with Gasteiger partial charge < -0.3 is 35.0 Å². The Morgan fingerprint density at radius 3 is 2.37 bits per heavy atom. The fourth-order valence-electron chi connectivity index (χ4n) is 8.03. The van der Waals surface area contributed by atoms with Crippen LogP contribution in [0.2, 0.25) is 0 Å². The van der Waals surface area contributed by atoms with Crippen LogP contribution in [-0.2, 0) is 38.3 Å². The van der Waals surface area contributed by atoms with Crippen molar-refractivity contribution in [2.75, 3.05) is 39.5 Å². The largest absolute Gasteiger partial charge is 0.491 e. The van der Waals surface area contributed by atoms with Crippen molar-refractivity contribution in [1.29, 1.82) is 0 Å². The summed E-state index contributed by atoms with van der Waals surface area (Å²) in [5.74, 6) is -0.720. The number of nitrogens with one attached hydrogen (secondary N) is 2. The van der Waals surface area contributed by atoms with E-state index in [0.29, 0.717) is 37.5 Å². The number of alkyl halides is 3. The number of thiazole rings is 1. The first-order chi connectivity index (χ1) is 29.5. The quantitative estimate of drug-likeness (QED) is 0.156. The van der Waals surface area contributed by atoms with E-state index in [-0.39, 0.29) is 57.0 Å². The summed E-state index contributed by atoms with van der Waals surface area (Å²) in [6.07, 6.45) is -2.93. The SMILES string of the molecule is Cc1ncsc1-c1ccc(CNC(=O)[C@@H]2C[C@H](O)CN2C(=O)[C@@H](NC(=O)COCCOc2ccc(C3CCN(C4=Nn5c(nnc5C(F)(F)F)CC4)CC3)cc2)C(C)(C)C)cc1. The van der Waals surface area contributed by atoms with Crippen molar-refractivity contribution in [3.63, 3.8) is 0 Å². The van der Waals surface area contributed by atoms with Crippen LogP contribution in [0.25, 0.3) is 10.4 Å². The number of hydrogen-bond acceptors (Lipinski definition) is 12. The molecule has 3 amide bonds. The van der Waals surface area contributed by atoms with E-state index >= 15 is 0 Å². The first kappa shape index (κ1) is 44.6. The van der Waals surface area contributed by atoms with Crippen molar-refractivity contribution in [3.8, 4) is 16.2 Å². The second-order valence-electron chi connectivity index (χ2n) is 16.9. The van der Waals surface area contributed by atoms with Crippen LogP contribution in [0.1, 0.15) is 80.8 Å². The zero-order valence-corrected chi connectivity index (χ0v) is 36.0. The summed E-state index contributed by atoms with van der Waals surface area (Å²) in [7, 11) is 0. The number of carbonyl (C=O) groups excluding carboxylic acids is 3. The van der Waals surface area contributed by atoms with E-state index in [1.165, 1.54) is 4.90 Å². The highest BCUT2D eigenvalue weighted by Gasteiger charge is 2.45. The predicted molar refractivity (Wildman–Crippen MR) is 224 cm³/mol. The van der Waals surface area contributed by atoms with E-state index in [0.717, 1.165) is 44.8 Å². The molecule has 4 aromatic rings. The first-order valence-electron chi connectivity index (χ1n) is 20.7. The lowest BCUT2D eigenvalue weighted by Crippen LogP contribution is -2.58. The van der Waals surface area contributed by atoms with Gasteiger partial charge in [0.05, 0.1) is 28.8 Å². The number of rotatable bonds is 13. The van der Waals surface area contributed by atoms with E-state index in [2.05, 4.69) is 30.9 Å². The summed E-state index contributed by atoms with van der Waals surface area (Å²) in [5.41, 5.74) is 5.10. The van der Waals surface area contributed by atoms with E-state index in [1.54, 1.807) is 16.8 Å². The summed E-state index contributed by atoms with van der Waals surface area (Å²) in [4.78, 5) is 49.2. The Morgan fingerprint density at radius 1 is 0.984 bits per heavy atom. The topological polar surface area (TPSA) is 176 Å². The molecule has 0 saturated carbocycles.